The molecule has 2 atom stereocenters. The maximum atomic E-state index is 12.6. The van der Waals surface area contributed by atoms with Crippen LogP contribution >= 0.6 is 23.2 Å². The SMILES string of the molecule is CC1CN(C(=O)COc2ccc(Cl)cc2)C(C)CN1C(=O)COc1ccc(Cl)cc1. The first-order chi connectivity index (χ1) is 14.3. The third-order valence-electron chi connectivity index (χ3n) is 4.98. The molecule has 8 heteroatoms. The molecular formula is C22H24Cl2N2O4. The Labute approximate surface area is 186 Å². The number of carbonyl (C=O) groups is 2. The number of hydrogen-bond acceptors (Lipinski definition) is 4. The van der Waals surface area contributed by atoms with Crippen molar-refractivity contribution in [2.45, 2.75) is 25.9 Å². The molecule has 6 nitrogen and oxygen atoms in total. The molecule has 2 amide bonds. The van der Waals surface area contributed by atoms with Crippen molar-refractivity contribution in [3.05, 3.63) is 58.6 Å². The highest BCUT2D eigenvalue weighted by atomic mass is 35.5. The molecule has 160 valence electrons. The third-order valence-corrected chi connectivity index (χ3v) is 5.48. The average Bonchev–Trinajstić information content (AvgIpc) is 2.73. The van der Waals surface area contributed by atoms with Gasteiger partial charge in [-0.05, 0) is 62.4 Å². The molecule has 1 aliphatic heterocycles. The molecule has 2 aromatic rings. The van der Waals surface area contributed by atoms with E-state index >= 15 is 0 Å². The standard InChI is InChI=1S/C22H24Cl2N2O4/c1-15-11-26(22(28)14-30-20-9-5-18(24)6-10-20)16(2)12-25(15)21(27)13-29-19-7-3-17(23)4-8-19/h3-10,15-16H,11-14H2,1-2H3. The molecule has 3 rings (SSSR count). The summed E-state index contributed by atoms with van der Waals surface area (Å²) in [4.78, 5) is 28.8. The highest BCUT2D eigenvalue weighted by molar-refractivity contribution is 6.30. The summed E-state index contributed by atoms with van der Waals surface area (Å²) in [6.45, 7) is 4.60. The normalized spacial score (nSPS) is 18.8. The van der Waals surface area contributed by atoms with Crippen LogP contribution in [0.15, 0.2) is 48.5 Å². The Hall–Kier alpha value is -2.44. The van der Waals surface area contributed by atoms with Crippen LogP contribution in [0.4, 0.5) is 0 Å². The molecule has 1 heterocycles. The number of carbonyl (C=O) groups excluding carboxylic acids is 2. The Morgan fingerprint density at radius 1 is 0.767 bits per heavy atom. The highest BCUT2D eigenvalue weighted by Crippen LogP contribution is 2.19. The van der Waals surface area contributed by atoms with E-state index in [9.17, 15) is 9.59 Å². The molecule has 2 unspecified atom stereocenters. The van der Waals surface area contributed by atoms with Crippen molar-refractivity contribution in [2.24, 2.45) is 0 Å². The lowest BCUT2D eigenvalue weighted by Gasteiger charge is -2.44. The molecule has 1 fully saturated rings. The summed E-state index contributed by atoms with van der Waals surface area (Å²) in [6, 6.07) is 13.5. The van der Waals surface area contributed by atoms with Crippen molar-refractivity contribution in [3.8, 4) is 11.5 Å². The Balaban J connectivity index is 1.50. The molecule has 0 aliphatic carbocycles. The molecule has 2 aromatic carbocycles. The van der Waals surface area contributed by atoms with Crippen LogP contribution in [0.3, 0.4) is 0 Å². The van der Waals surface area contributed by atoms with Crippen LogP contribution in [0.25, 0.3) is 0 Å². The van der Waals surface area contributed by atoms with Gasteiger partial charge in [0.2, 0.25) is 0 Å². The lowest BCUT2D eigenvalue weighted by Crippen LogP contribution is -2.60. The van der Waals surface area contributed by atoms with Gasteiger partial charge in [-0.3, -0.25) is 9.59 Å². The van der Waals surface area contributed by atoms with Crippen molar-refractivity contribution in [1.29, 1.82) is 0 Å². The molecule has 0 bridgehead atoms. The van der Waals surface area contributed by atoms with E-state index in [2.05, 4.69) is 0 Å². The Bertz CT molecular complexity index is 800. The fraction of sp³-hybridized carbons (Fsp3) is 0.364. The van der Waals surface area contributed by atoms with Gasteiger partial charge in [0.15, 0.2) is 13.2 Å². The predicted molar refractivity (Wildman–Crippen MR) is 116 cm³/mol. The van der Waals surface area contributed by atoms with Crippen molar-refractivity contribution >= 4 is 35.0 Å². The number of ether oxygens (including phenoxy) is 2. The van der Waals surface area contributed by atoms with E-state index in [4.69, 9.17) is 32.7 Å². The van der Waals surface area contributed by atoms with Gasteiger partial charge in [-0.25, -0.2) is 0 Å². The highest BCUT2D eigenvalue weighted by Gasteiger charge is 2.34. The number of benzene rings is 2. The second-order valence-electron chi connectivity index (χ2n) is 7.28. The summed E-state index contributed by atoms with van der Waals surface area (Å²) in [5, 5.41) is 1.22. The molecule has 30 heavy (non-hydrogen) atoms. The minimum absolute atomic E-state index is 0.0632. The number of nitrogens with zero attached hydrogens (tertiary/aromatic N) is 2. The summed E-state index contributed by atoms with van der Waals surface area (Å²) >= 11 is 11.7. The van der Waals surface area contributed by atoms with E-state index in [-0.39, 0.29) is 37.1 Å². The minimum Gasteiger partial charge on any atom is -0.484 e. The zero-order valence-electron chi connectivity index (χ0n) is 16.9. The molecule has 0 N–H and O–H groups in total. The van der Waals surface area contributed by atoms with E-state index in [0.717, 1.165) is 0 Å². The largest absolute Gasteiger partial charge is 0.484 e. The van der Waals surface area contributed by atoms with Crippen molar-refractivity contribution in [3.63, 3.8) is 0 Å². The molecule has 1 aliphatic rings. The number of piperazine rings is 1. The molecule has 0 aromatic heterocycles. The van der Waals surface area contributed by atoms with E-state index in [1.54, 1.807) is 58.3 Å². The number of hydrogen-bond donors (Lipinski definition) is 0. The van der Waals surface area contributed by atoms with Crippen LogP contribution in [-0.4, -0.2) is 60.0 Å². The van der Waals surface area contributed by atoms with Gasteiger partial charge in [-0.2, -0.15) is 0 Å². The first-order valence-electron chi connectivity index (χ1n) is 9.69. The van der Waals surface area contributed by atoms with Gasteiger partial charge in [-0.1, -0.05) is 23.2 Å². The second-order valence-corrected chi connectivity index (χ2v) is 8.15. The van der Waals surface area contributed by atoms with Crippen LogP contribution < -0.4 is 9.47 Å². The van der Waals surface area contributed by atoms with Gasteiger partial charge < -0.3 is 19.3 Å². The first-order valence-corrected chi connectivity index (χ1v) is 10.4. The molecule has 0 radical (unpaired) electrons. The van der Waals surface area contributed by atoms with E-state index in [0.29, 0.717) is 34.6 Å². The molecule has 0 spiro atoms. The van der Waals surface area contributed by atoms with Crippen molar-refractivity contribution < 1.29 is 19.1 Å². The van der Waals surface area contributed by atoms with Crippen LogP contribution in [-0.2, 0) is 9.59 Å². The van der Waals surface area contributed by atoms with Gasteiger partial charge in [0, 0.05) is 35.2 Å². The summed E-state index contributed by atoms with van der Waals surface area (Å²) in [7, 11) is 0. The average molecular weight is 451 g/mol. The molecule has 0 saturated carbocycles. The lowest BCUT2D eigenvalue weighted by molar-refractivity contribution is -0.148. The fourth-order valence-corrected chi connectivity index (χ4v) is 3.59. The van der Waals surface area contributed by atoms with Gasteiger partial charge in [-0.15, -0.1) is 0 Å². The molecular weight excluding hydrogens is 427 g/mol. The molecule has 1 saturated heterocycles. The smallest absolute Gasteiger partial charge is 0.260 e. The number of amides is 2. The predicted octanol–water partition coefficient (Wildman–Crippen LogP) is 3.90. The fourth-order valence-electron chi connectivity index (χ4n) is 3.34. The zero-order valence-corrected chi connectivity index (χ0v) is 18.4. The maximum absolute atomic E-state index is 12.6. The van der Waals surface area contributed by atoms with Crippen LogP contribution in [0.1, 0.15) is 13.8 Å². The van der Waals surface area contributed by atoms with E-state index < -0.39 is 0 Å². The van der Waals surface area contributed by atoms with Crippen LogP contribution in [0.2, 0.25) is 10.0 Å². The minimum atomic E-state index is -0.123. The van der Waals surface area contributed by atoms with Crippen molar-refractivity contribution in [2.75, 3.05) is 26.3 Å². The van der Waals surface area contributed by atoms with Gasteiger partial charge >= 0.3 is 0 Å². The topological polar surface area (TPSA) is 59.1 Å². The number of rotatable bonds is 6. The van der Waals surface area contributed by atoms with Crippen LogP contribution in [0.5, 0.6) is 11.5 Å². The lowest BCUT2D eigenvalue weighted by atomic mass is 10.1. The third kappa shape index (κ3) is 5.80. The van der Waals surface area contributed by atoms with Crippen molar-refractivity contribution in [1.82, 2.24) is 9.80 Å². The zero-order chi connectivity index (χ0) is 21.7. The van der Waals surface area contributed by atoms with E-state index in [1.807, 2.05) is 13.8 Å². The summed E-state index contributed by atoms with van der Waals surface area (Å²) in [5.74, 6) is 0.936. The van der Waals surface area contributed by atoms with Gasteiger partial charge in [0.1, 0.15) is 11.5 Å². The summed E-state index contributed by atoms with van der Waals surface area (Å²) in [5.41, 5.74) is 0. The summed E-state index contributed by atoms with van der Waals surface area (Å²) in [6.07, 6.45) is 0. The van der Waals surface area contributed by atoms with Gasteiger partial charge in [0.05, 0.1) is 0 Å². The van der Waals surface area contributed by atoms with Gasteiger partial charge in [0.25, 0.3) is 11.8 Å². The quantitative estimate of drug-likeness (QED) is 0.669. The van der Waals surface area contributed by atoms with E-state index in [1.165, 1.54) is 0 Å². The second kappa shape index (κ2) is 10.0. The first kappa shape index (κ1) is 22.2. The Morgan fingerprint density at radius 3 is 1.43 bits per heavy atom. The monoisotopic (exact) mass is 450 g/mol. The Kier molecular flexibility index (Phi) is 7.45. The summed E-state index contributed by atoms with van der Waals surface area (Å²) < 4.78 is 11.1. The number of halogens is 2. The Morgan fingerprint density at radius 2 is 1.10 bits per heavy atom. The van der Waals surface area contributed by atoms with Crippen LogP contribution in [0, 0.1) is 0 Å². The maximum Gasteiger partial charge on any atom is 0.260 e.